The van der Waals surface area contributed by atoms with Gasteiger partial charge in [0, 0.05) is 13.3 Å². The zero-order valence-corrected chi connectivity index (χ0v) is 11.7. The number of anilines is 1. The van der Waals surface area contributed by atoms with Crippen molar-refractivity contribution in [1.82, 2.24) is 9.55 Å². The first kappa shape index (κ1) is 15.3. The smallest absolute Gasteiger partial charge is 0.351 e. The maximum absolute atomic E-state index is 11.8. The molecule has 0 bridgehead atoms. The molecule has 112 valence electrons. The fraction of sp³-hybridized carbons (Fsp3) is 0.600. The zero-order chi connectivity index (χ0) is 14.7. The Morgan fingerprint density at radius 2 is 2.40 bits per heavy atom. The second-order valence-corrected chi connectivity index (χ2v) is 4.67. The summed E-state index contributed by atoms with van der Waals surface area (Å²) in [6.07, 6.45) is -1.88. The second-order valence-electron chi connectivity index (χ2n) is 4.20. The molecule has 0 aromatic carbocycles. The fourth-order valence-corrected chi connectivity index (χ4v) is 2.31. The Labute approximate surface area is 116 Å². The number of aromatic nitrogens is 2. The van der Waals surface area contributed by atoms with Gasteiger partial charge in [-0.1, -0.05) is 0 Å². The number of aliphatic hydroxyl groups excluding tert-OH is 1. The quantitative estimate of drug-likeness (QED) is 0.567. The van der Waals surface area contributed by atoms with Gasteiger partial charge in [-0.05, 0) is 6.07 Å². The van der Waals surface area contributed by atoms with Gasteiger partial charge in [-0.2, -0.15) is 4.98 Å². The number of hydrogen-bond acceptors (Lipinski definition) is 8. The van der Waals surface area contributed by atoms with E-state index in [1.54, 1.807) is 0 Å². The van der Waals surface area contributed by atoms with Crippen LogP contribution in [0.15, 0.2) is 17.1 Å². The molecule has 0 saturated carbocycles. The van der Waals surface area contributed by atoms with E-state index in [1.165, 1.54) is 23.9 Å². The normalized spacial score (nSPS) is 30.4. The third kappa shape index (κ3) is 2.98. The average Bonchev–Trinajstić information content (AvgIpc) is 2.72. The van der Waals surface area contributed by atoms with Crippen molar-refractivity contribution in [2.75, 3.05) is 19.5 Å². The highest BCUT2D eigenvalue weighted by molar-refractivity contribution is 7.24. The fourth-order valence-electron chi connectivity index (χ4n) is 2.07. The summed E-state index contributed by atoms with van der Waals surface area (Å²) in [4.78, 5) is 24.0. The van der Waals surface area contributed by atoms with Crippen LogP contribution in [0.3, 0.4) is 0 Å². The maximum atomic E-state index is 11.8. The van der Waals surface area contributed by atoms with Crippen LogP contribution >= 0.6 is 9.03 Å². The lowest BCUT2D eigenvalue weighted by atomic mass is 10.1. The topological polar surface area (TPSA) is 129 Å². The van der Waals surface area contributed by atoms with Crippen molar-refractivity contribution < 1.29 is 24.0 Å². The van der Waals surface area contributed by atoms with Crippen LogP contribution in [-0.4, -0.2) is 51.6 Å². The Kier molecular flexibility index (Phi) is 5.03. The average molecular weight is 305 g/mol. The van der Waals surface area contributed by atoms with Crippen molar-refractivity contribution in [1.29, 1.82) is 0 Å². The molecule has 1 aliphatic rings. The van der Waals surface area contributed by atoms with E-state index in [1.807, 2.05) is 0 Å². The van der Waals surface area contributed by atoms with Crippen LogP contribution < -0.4 is 11.4 Å². The molecule has 4 N–H and O–H groups in total. The molecule has 1 fully saturated rings. The summed E-state index contributed by atoms with van der Waals surface area (Å²) in [5.74, 6) is 0.0973. The lowest BCUT2D eigenvalue weighted by molar-refractivity contribution is -0.0598. The van der Waals surface area contributed by atoms with E-state index in [-0.39, 0.29) is 12.4 Å². The molecule has 2 heterocycles. The zero-order valence-electron chi connectivity index (χ0n) is 10.7. The minimum Gasteiger partial charge on any atom is -0.387 e. The lowest BCUT2D eigenvalue weighted by Crippen LogP contribution is -2.37. The summed E-state index contributed by atoms with van der Waals surface area (Å²) in [6.45, 7) is -0.0103. The molecule has 0 aliphatic carbocycles. The van der Waals surface area contributed by atoms with Crippen LogP contribution in [0.5, 0.6) is 0 Å². The largest absolute Gasteiger partial charge is 0.387 e. The number of methoxy groups -OCH3 is 1. The third-order valence-corrected chi connectivity index (χ3v) is 3.32. The summed E-state index contributed by atoms with van der Waals surface area (Å²) < 4.78 is 16.8. The summed E-state index contributed by atoms with van der Waals surface area (Å²) in [7, 11) is 0.692. The molecule has 1 aliphatic heterocycles. The number of nitrogens with zero attached hydrogens (tertiary/aromatic N) is 2. The molecule has 10 heteroatoms. The Morgan fingerprint density at radius 3 is 3.00 bits per heavy atom. The van der Waals surface area contributed by atoms with Crippen molar-refractivity contribution in [2.45, 2.75) is 24.5 Å². The van der Waals surface area contributed by atoms with Crippen molar-refractivity contribution in [3.8, 4) is 0 Å². The molecule has 1 aromatic heterocycles. The Bertz CT molecular complexity index is 512. The number of hydrogen-bond donors (Lipinski definition) is 3. The first-order valence-corrected chi connectivity index (χ1v) is 6.66. The second kappa shape index (κ2) is 6.57. The molecule has 9 nitrogen and oxygen atoms in total. The standard InChI is InChI=1S/C10H16N3O6P/c1-17-8-7(14)5(4-18-20-16)19-9(8)13-3-2-6(11)12-10(13)15/h2-3,5,7-9,14,16,20H,4H2,1H3,(H2,11,12,15)/t5-,7-,8-,9-/m1/s1. The maximum Gasteiger partial charge on any atom is 0.351 e. The minimum atomic E-state index is -0.995. The predicted octanol–water partition coefficient (Wildman–Crippen LogP) is -1.38. The van der Waals surface area contributed by atoms with Crippen LogP contribution in [0, 0.1) is 0 Å². The monoisotopic (exact) mass is 305 g/mol. The van der Waals surface area contributed by atoms with Gasteiger partial charge in [0.1, 0.15) is 24.1 Å². The Balaban J connectivity index is 2.24. The van der Waals surface area contributed by atoms with Gasteiger partial charge >= 0.3 is 5.69 Å². The van der Waals surface area contributed by atoms with Gasteiger partial charge < -0.3 is 29.7 Å². The van der Waals surface area contributed by atoms with E-state index < -0.39 is 39.3 Å². The SMILES string of the molecule is CO[C@@H]1[C@H](O)[C@@H](COPO)O[C@H]1n1ccc(N)nc1=O. The van der Waals surface area contributed by atoms with Crippen LogP contribution in [0.4, 0.5) is 5.82 Å². The molecule has 1 aromatic rings. The van der Waals surface area contributed by atoms with E-state index in [0.29, 0.717) is 0 Å². The summed E-state index contributed by atoms with van der Waals surface area (Å²) in [5, 5.41) is 10.1. The number of nitrogens with two attached hydrogens (primary N) is 1. The predicted molar refractivity (Wildman–Crippen MR) is 70.1 cm³/mol. The van der Waals surface area contributed by atoms with Gasteiger partial charge in [0.05, 0.1) is 6.61 Å². The van der Waals surface area contributed by atoms with E-state index >= 15 is 0 Å². The Morgan fingerprint density at radius 1 is 1.65 bits per heavy atom. The van der Waals surface area contributed by atoms with E-state index in [2.05, 4.69) is 4.98 Å². The highest BCUT2D eigenvalue weighted by atomic mass is 31.1. The lowest BCUT2D eigenvalue weighted by Gasteiger charge is -2.20. The van der Waals surface area contributed by atoms with Crippen LogP contribution in [0.25, 0.3) is 0 Å². The molecule has 20 heavy (non-hydrogen) atoms. The number of nitrogen functional groups attached to an aromatic ring is 1. The number of aliphatic hydroxyl groups is 1. The van der Waals surface area contributed by atoms with Crippen LogP contribution in [-0.2, 0) is 14.0 Å². The highest BCUT2D eigenvalue weighted by Gasteiger charge is 2.45. The van der Waals surface area contributed by atoms with Crippen LogP contribution in [0.1, 0.15) is 6.23 Å². The first-order chi connectivity index (χ1) is 9.58. The van der Waals surface area contributed by atoms with Gasteiger partial charge in [0.15, 0.2) is 15.3 Å². The molecular weight excluding hydrogens is 289 g/mol. The number of ether oxygens (including phenoxy) is 2. The van der Waals surface area contributed by atoms with Crippen LogP contribution in [0.2, 0.25) is 0 Å². The summed E-state index contributed by atoms with van der Waals surface area (Å²) in [5.41, 5.74) is 4.82. The number of rotatable bonds is 5. The first-order valence-electron chi connectivity index (χ1n) is 5.80. The van der Waals surface area contributed by atoms with Crippen molar-refractivity contribution in [3.05, 3.63) is 22.7 Å². The van der Waals surface area contributed by atoms with Gasteiger partial charge in [-0.3, -0.25) is 4.57 Å². The summed E-state index contributed by atoms with van der Waals surface area (Å²) >= 11 is 0. The van der Waals surface area contributed by atoms with Gasteiger partial charge in [-0.25, -0.2) is 4.79 Å². The molecular formula is C10H16N3O6P. The van der Waals surface area contributed by atoms with Crippen molar-refractivity contribution in [3.63, 3.8) is 0 Å². The molecule has 0 radical (unpaired) electrons. The third-order valence-electron chi connectivity index (χ3n) is 3.02. The van der Waals surface area contributed by atoms with E-state index in [4.69, 9.17) is 24.6 Å². The minimum absolute atomic E-state index is 0.0103. The van der Waals surface area contributed by atoms with Gasteiger partial charge in [0.2, 0.25) is 0 Å². The molecule has 1 unspecified atom stereocenters. The highest BCUT2D eigenvalue weighted by Crippen LogP contribution is 2.31. The Hall–Kier alpha value is -1.09. The van der Waals surface area contributed by atoms with Crippen molar-refractivity contribution >= 4 is 14.9 Å². The molecule has 2 rings (SSSR count). The molecule has 0 amide bonds. The molecule has 0 spiro atoms. The molecule has 1 saturated heterocycles. The van der Waals surface area contributed by atoms with E-state index in [0.717, 1.165) is 0 Å². The van der Waals surface area contributed by atoms with E-state index in [9.17, 15) is 9.90 Å². The van der Waals surface area contributed by atoms with Gasteiger partial charge in [-0.15, -0.1) is 0 Å². The molecule has 5 atom stereocenters. The van der Waals surface area contributed by atoms with Crippen molar-refractivity contribution in [2.24, 2.45) is 0 Å². The summed E-state index contributed by atoms with van der Waals surface area (Å²) in [6, 6.07) is 1.45. The van der Waals surface area contributed by atoms with Gasteiger partial charge in [0.25, 0.3) is 0 Å².